The summed E-state index contributed by atoms with van der Waals surface area (Å²) >= 11 is 0. The van der Waals surface area contributed by atoms with Crippen LogP contribution in [-0.2, 0) is 14.4 Å². The molecule has 5 heteroatoms. The second-order valence-electron chi connectivity index (χ2n) is 0.729. The zero-order valence-electron chi connectivity index (χ0n) is 6.09. The van der Waals surface area contributed by atoms with E-state index in [1.807, 2.05) is 6.79 Å². The molecule has 4 nitrogen and oxygen atoms in total. The number of hydrogen-bond donors (Lipinski definition) is 1. The van der Waals surface area contributed by atoms with E-state index in [-0.39, 0.29) is 28.2 Å². The summed E-state index contributed by atoms with van der Waals surface area (Å²) in [6.07, 6.45) is -1.08. The van der Waals surface area contributed by atoms with E-state index in [2.05, 4.69) is 13.6 Å². The molecule has 0 aliphatic heterocycles. The molecule has 12 heavy (non-hydrogen) atoms. The molecule has 0 spiro atoms. The van der Waals surface area contributed by atoms with Gasteiger partial charge in [0.05, 0.1) is 7.53 Å². The molecule has 74 valence electrons. The summed E-state index contributed by atoms with van der Waals surface area (Å²) in [6.45, 7) is 3.31. The second kappa shape index (κ2) is 94.1. The maximum Gasteiger partial charge on any atom is 0.214 e. The summed E-state index contributed by atoms with van der Waals surface area (Å²) in [5.41, 5.74) is 4.47. The van der Waals surface area contributed by atoms with Crippen molar-refractivity contribution < 1.29 is 15.8 Å². The lowest BCUT2D eigenvalue weighted by Crippen LogP contribution is -2.01. The SMILES string of the molecule is C.C.C.C=O.CC(N)=O.[2H]C([B])=O. The molecule has 0 unspecified atom stereocenters. The maximum absolute atomic E-state index is 9.22. The average Bonchev–Trinajstić information content (AvgIpc) is 1.66. The Kier molecular flexibility index (Phi) is 241. The van der Waals surface area contributed by atoms with Gasteiger partial charge in [-0.2, -0.15) is 0 Å². The minimum absolute atomic E-state index is 0. The van der Waals surface area contributed by atoms with Crippen LogP contribution in [0.5, 0.6) is 0 Å². The van der Waals surface area contributed by atoms with Crippen LogP contribution < -0.4 is 5.73 Å². The monoisotopic (exact) mass is 178 g/mol. The first-order valence-electron chi connectivity index (χ1n) is 2.27. The van der Waals surface area contributed by atoms with Crippen LogP contribution in [-0.4, -0.2) is 26.7 Å². The lowest BCUT2D eigenvalue weighted by Gasteiger charge is -1.60. The Morgan fingerprint density at radius 2 is 1.50 bits per heavy atom. The Morgan fingerprint density at radius 1 is 1.50 bits per heavy atom. The third-order valence-corrected chi connectivity index (χ3v) is 0. The lowest BCUT2D eigenvalue weighted by atomic mass is 10.2. The average molecular weight is 178 g/mol. The van der Waals surface area contributed by atoms with Crippen molar-refractivity contribution in [1.29, 1.82) is 0 Å². The fourth-order valence-electron chi connectivity index (χ4n) is 0. The molecule has 0 aromatic rings. The molecule has 0 bridgehead atoms. The van der Waals surface area contributed by atoms with Crippen LogP contribution in [0.1, 0.15) is 30.6 Å². The molecule has 0 rings (SSSR count). The van der Waals surface area contributed by atoms with Crippen LogP contribution in [0.15, 0.2) is 0 Å². The number of carbonyl (C=O) groups is 3. The molecule has 2 radical (unpaired) electrons. The normalized spacial score (nSPS) is 4.58. The summed E-state index contributed by atoms with van der Waals surface area (Å²) in [5, 5.41) is 0. The third-order valence-electron chi connectivity index (χ3n) is 0. The Bertz CT molecular complexity index is 91.9. The summed E-state index contributed by atoms with van der Waals surface area (Å²) < 4.78 is 5.72. The van der Waals surface area contributed by atoms with Crippen molar-refractivity contribution in [3.63, 3.8) is 0 Å². The minimum Gasteiger partial charge on any atom is -0.370 e. The molecular weight excluding hydrogens is 157 g/mol. The number of hydrogen-bond acceptors (Lipinski definition) is 3. The standard InChI is InChI=1S/C2H5NO.CHBO.CH2O.3CH4/c1-2(3)4;2-1-3;1-2;;;/h1H3,(H2,3,4);1H;1H2;3*1H4/i;1D;;;;. The minimum atomic E-state index is -1.08. The molecule has 0 heterocycles. The Labute approximate surface area is 78.3 Å². The van der Waals surface area contributed by atoms with Gasteiger partial charge in [-0.3, -0.25) is 4.79 Å². The number of primary amides is 1. The quantitative estimate of drug-likeness (QED) is 0.434. The van der Waals surface area contributed by atoms with E-state index in [4.69, 9.17) is 11.0 Å². The van der Waals surface area contributed by atoms with Gasteiger partial charge in [0.1, 0.15) is 6.79 Å². The topological polar surface area (TPSA) is 77.2 Å². The molecule has 0 saturated carbocycles. The molecule has 0 aliphatic rings. The van der Waals surface area contributed by atoms with Crippen molar-refractivity contribution in [2.75, 3.05) is 0 Å². The van der Waals surface area contributed by atoms with Gasteiger partial charge in [-0.15, -0.1) is 0 Å². The molecule has 0 aliphatic carbocycles. The lowest BCUT2D eigenvalue weighted by molar-refractivity contribution is -0.116. The molecule has 0 saturated heterocycles. The van der Waals surface area contributed by atoms with Gasteiger partial charge in [-0.05, 0) is 0 Å². The number of carbonyl (C=O) groups excluding carboxylic acids is 3. The van der Waals surface area contributed by atoms with Crippen molar-refractivity contribution >= 4 is 26.7 Å². The highest BCUT2D eigenvalue weighted by atomic mass is 16.1. The third kappa shape index (κ3) is 435. The molecule has 2 N–H and O–H groups in total. The first-order chi connectivity index (χ1) is 4.46. The summed E-state index contributed by atoms with van der Waals surface area (Å²) in [5.74, 6) is -0.333. The molecule has 0 fully saturated rings. The Hall–Kier alpha value is -1.13. The van der Waals surface area contributed by atoms with Crippen molar-refractivity contribution in [1.82, 2.24) is 0 Å². The van der Waals surface area contributed by atoms with E-state index in [1.165, 1.54) is 6.92 Å². The van der Waals surface area contributed by atoms with Gasteiger partial charge in [-0.1, -0.05) is 22.3 Å². The smallest absolute Gasteiger partial charge is 0.214 e. The van der Waals surface area contributed by atoms with E-state index in [1.54, 1.807) is 0 Å². The summed E-state index contributed by atoms with van der Waals surface area (Å²) in [6, 6.07) is 0. The predicted octanol–water partition coefficient (Wildman–Crippen LogP) is 0.560. The van der Waals surface area contributed by atoms with Gasteiger partial charge in [0.2, 0.25) is 5.91 Å². The largest absolute Gasteiger partial charge is 0.370 e. The van der Waals surface area contributed by atoms with Gasteiger partial charge in [0.25, 0.3) is 0 Å². The zero-order valence-corrected chi connectivity index (χ0v) is 5.09. The molecule has 0 atom stereocenters. The van der Waals surface area contributed by atoms with E-state index in [9.17, 15) is 4.79 Å². The van der Waals surface area contributed by atoms with Crippen molar-refractivity contribution in [2.24, 2.45) is 5.73 Å². The predicted molar refractivity (Wildman–Crippen MR) is 54.7 cm³/mol. The number of rotatable bonds is 0. The van der Waals surface area contributed by atoms with E-state index < -0.39 is 6.16 Å². The molecule has 0 aromatic heterocycles. The maximum atomic E-state index is 9.22. The molecule has 1 amide bonds. The van der Waals surface area contributed by atoms with Crippen LogP contribution in [0.3, 0.4) is 0 Å². The van der Waals surface area contributed by atoms with Gasteiger partial charge in [0.15, 0.2) is 7.85 Å². The highest BCUT2D eigenvalue weighted by Crippen LogP contribution is 1.33. The van der Waals surface area contributed by atoms with Crippen LogP contribution in [0.4, 0.5) is 0 Å². The first kappa shape index (κ1) is 30.7. The van der Waals surface area contributed by atoms with Crippen molar-refractivity contribution in [2.45, 2.75) is 29.2 Å². The first-order valence-corrected chi connectivity index (χ1v) is 1.77. The summed E-state index contributed by atoms with van der Waals surface area (Å²) in [7, 11) is 4.14. The van der Waals surface area contributed by atoms with E-state index in [0.717, 1.165) is 0 Å². The van der Waals surface area contributed by atoms with Crippen LogP contribution in [0.2, 0.25) is 0 Å². The highest BCUT2D eigenvalue weighted by molar-refractivity contribution is 6.48. The van der Waals surface area contributed by atoms with Crippen LogP contribution in [0.25, 0.3) is 0 Å². The van der Waals surface area contributed by atoms with E-state index >= 15 is 0 Å². The second-order valence-corrected chi connectivity index (χ2v) is 0.729. The van der Waals surface area contributed by atoms with Gasteiger partial charge in [-0.25, -0.2) is 0 Å². The number of amides is 1. The number of nitrogens with two attached hydrogens (primary N) is 1. The fraction of sp³-hybridized carbons (Fsp3) is 0.571. The van der Waals surface area contributed by atoms with Gasteiger partial charge in [0, 0.05) is 6.92 Å². The summed E-state index contributed by atoms with van der Waals surface area (Å²) in [4.78, 5) is 26.1. The molecule has 0 aromatic carbocycles. The van der Waals surface area contributed by atoms with E-state index in [0.29, 0.717) is 0 Å². The fourth-order valence-corrected chi connectivity index (χ4v) is 0. The highest BCUT2D eigenvalue weighted by Gasteiger charge is 1.61. The Balaban J connectivity index is -0.0000000133. The van der Waals surface area contributed by atoms with Crippen LogP contribution in [0, 0.1) is 0 Å². The van der Waals surface area contributed by atoms with Gasteiger partial charge < -0.3 is 15.3 Å². The molecular formula is C7H20BNO3. The zero-order chi connectivity index (χ0) is 9.15. The van der Waals surface area contributed by atoms with Crippen LogP contribution >= 0.6 is 0 Å². The van der Waals surface area contributed by atoms with Crippen molar-refractivity contribution in [3.05, 3.63) is 0 Å². The van der Waals surface area contributed by atoms with Gasteiger partial charge >= 0.3 is 0 Å². The van der Waals surface area contributed by atoms with Crippen molar-refractivity contribution in [3.8, 4) is 0 Å². The Morgan fingerprint density at radius 3 is 1.50 bits per heavy atom.